The molecule has 0 aliphatic carbocycles. The minimum Gasteiger partial charge on any atom is -0.366 e. The minimum atomic E-state index is 0.210. The van der Waals surface area contributed by atoms with E-state index >= 15 is 0 Å². The molecule has 0 saturated carbocycles. The van der Waals surface area contributed by atoms with Crippen LogP contribution in [-0.4, -0.2) is 15.1 Å². The largest absolute Gasteiger partial charge is 0.366 e. The topological polar surface area (TPSA) is 12.0 Å². The van der Waals surface area contributed by atoms with E-state index in [0.717, 1.165) is 4.32 Å². The number of thiocarbonyl (C=S) groups is 1. The van der Waals surface area contributed by atoms with E-state index in [1.807, 2.05) is 0 Å². The Hall–Kier alpha value is 0.240. The van der Waals surface area contributed by atoms with Crippen LogP contribution in [0.25, 0.3) is 0 Å². The van der Waals surface area contributed by atoms with E-state index in [4.69, 9.17) is 12.2 Å². The zero-order valence-corrected chi connectivity index (χ0v) is 8.23. The Morgan fingerprint density at radius 1 is 1.70 bits per heavy atom. The van der Waals surface area contributed by atoms with Crippen molar-refractivity contribution in [3.8, 4) is 0 Å². The average Bonchev–Trinajstić information content (AvgIpc) is 1.54. The highest BCUT2D eigenvalue weighted by molar-refractivity contribution is 8.23. The van der Waals surface area contributed by atoms with Crippen molar-refractivity contribution >= 4 is 28.3 Å². The molecular weight excluding hydrogens is 162 g/mol. The SMILES string of the molecule is C[C@H]1CC(C)(C)NC(=S)S1. The van der Waals surface area contributed by atoms with Gasteiger partial charge in [-0.15, -0.1) is 0 Å². The predicted molar refractivity (Wildman–Crippen MR) is 51.5 cm³/mol. The lowest BCUT2D eigenvalue weighted by atomic mass is 9.99. The third-order valence-electron chi connectivity index (χ3n) is 1.55. The van der Waals surface area contributed by atoms with Crippen molar-refractivity contribution in [1.29, 1.82) is 0 Å². The maximum atomic E-state index is 5.08. The Labute approximate surface area is 72.0 Å². The van der Waals surface area contributed by atoms with Crippen LogP contribution in [0.3, 0.4) is 0 Å². The van der Waals surface area contributed by atoms with Gasteiger partial charge in [0.25, 0.3) is 0 Å². The highest BCUT2D eigenvalue weighted by atomic mass is 32.2. The van der Waals surface area contributed by atoms with Gasteiger partial charge in [-0.2, -0.15) is 0 Å². The molecule has 58 valence electrons. The molecule has 1 aliphatic heterocycles. The van der Waals surface area contributed by atoms with Gasteiger partial charge in [-0.05, 0) is 20.3 Å². The van der Waals surface area contributed by atoms with Gasteiger partial charge in [0, 0.05) is 10.8 Å². The van der Waals surface area contributed by atoms with Crippen LogP contribution >= 0.6 is 24.0 Å². The van der Waals surface area contributed by atoms with E-state index < -0.39 is 0 Å². The Kier molecular flexibility index (Phi) is 2.25. The van der Waals surface area contributed by atoms with Crippen LogP contribution in [0.2, 0.25) is 0 Å². The van der Waals surface area contributed by atoms with Crippen molar-refractivity contribution in [3.05, 3.63) is 0 Å². The van der Waals surface area contributed by atoms with Crippen molar-refractivity contribution in [3.63, 3.8) is 0 Å². The van der Waals surface area contributed by atoms with Crippen molar-refractivity contribution in [2.24, 2.45) is 0 Å². The first kappa shape index (κ1) is 8.34. The van der Waals surface area contributed by atoms with Crippen LogP contribution in [0.15, 0.2) is 0 Å². The zero-order valence-electron chi connectivity index (χ0n) is 6.60. The van der Waals surface area contributed by atoms with E-state index in [0.29, 0.717) is 5.25 Å². The summed E-state index contributed by atoms with van der Waals surface area (Å²) in [6, 6.07) is 0. The minimum absolute atomic E-state index is 0.210. The maximum absolute atomic E-state index is 5.08. The lowest BCUT2D eigenvalue weighted by molar-refractivity contribution is 0.424. The van der Waals surface area contributed by atoms with Crippen molar-refractivity contribution in [2.45, 2.75) is 38.0 Å². The van der Waals surface area contributed by atoms with Gasteiger partial charge in [0.2, 0.25) is 0 Å². The van der Waals surface area contributed by atoms with Gasteiger partial charge in [0.05, 0.1) is 0 Å². The second kappa shape index (κ2) is 2.70. The van der Waals surface area contributed by atoms with Gasteiger partial charge >= 0.3 is 0 Å². The summed E-state index contributed by atoms with van der Waals surface area (Å²) < 4.78 is 0.948. The number of nitrogens with one attached hydrogen (secondary N) is 1. The molecule has 1 saturated heterocycles. The van der Waals surface area contributed by atoms with E-state index in [2.05, 4.69) is 26.1 Å². The molecule has 0 aromatic rings. The number of hydrogen-bond donors (Lipinski definition) is 1. The highest BCUT2D eigenvalue weighted by Gasteiger charge is 2.27. The number of hydrogen-bond acceptors (Lipinski definition) is 2. The normalized spacial score (nSPS) is 31.5. The predicted octanol–water partition coefficient (Wildman–Crippen LogP) is 2.16. The fraction of sp³-hybridized carbons (Fsp3) is 0.857. The second-order valence-corrected chi connectivity index (χ2v) is 5.54. The van der Waals surface area contributed by atoms with E-state index in [1.54, 1.807) is 11.8 Å². The summed E-state index contributed by atoms with van der Waals surface area (Å²) in [5.74, 6) is 0. The van der Waals surface area contributed by atoms with E-state index in [-0.39, 0.29) is 5.54 Å². The molecule has 1 atom stereocenters. The van der Waals surface area contributed by atoms with Gasteiger partial charge in [0.15, 0.2) is 0 Å². The molecule has 0 amide bonds. The third kappa shape index (κ3) is 2.13. The number of thioether (sulfide) groups is 1. The van der Waals surface area contributed by atoms with Crippen LogP contribution in [0.4, 0.5) is 0 Å². The molecule has 10 heavy (non-hydrogen) atoms. The Morgan fingerprint density at radius 2 is 2.30 bits per heavy atom. The molecule has 0 aromatic carbocycles. The third-order valence-corrected chi connectivity index (χ3v) is 2.82. The molecule has 0 radical (unpaired) electrons. The number of rotatable bonds is 0. The van der Waals surface area contributed by atoms with Gasteiger partial charge < -0.3 is 5.32 Å². The summed E-state index contributed by atoms with van der Waals surface area (Å²) in [7, 11) is 0. The van der Waals surface area contributed by atoms with Crippen LogP contribution in [0.5, 0.6) is 0 Å². The van der Waals surface area contributed by atoms with Gasteiger partial charge in [-0.1, -0.05) is 30.9 Å². The van der Waals surface area contributed by atoms with Gasteiger partial charge in [-0.25, -0.2) is 0 Å². The lowest BCUT2D eigenvalue weighted by Crippen LogP contribution is -2.47. The van der Waals surface area contributed by atoms with Crippen molar-refractivity contribution < 1.29 is 0 Å². The van der Waals surface area contributed by atoms with E-state index in [9.17, 15) is 0 Å². The standard InChI is InChI=1S/C7H13NS2/c1-5-4-7(2,3)8-6(9)10-5/h5H,4H2,1-3H3,(H,8,9)/t5-/m0/s1. The van der Waals surface area contributed by atoms with Crippen LogP contribution < -0.4 is 5.32 Å². The molecule has 1 heterocycles. The van der Waals surface area contributed by atoms with Crippen molar-refractivity contribution in [2.75, 3.05) is 0 Å². The fourth-order valence-electron chi connectivity index (χ4n) is 1.30. The molecule has 0 aromatic heterocycles. The Morgan fingerprint density at radius 3 is 2.70 bits per heavy atom. The molecule has 1 fully saturated rings. The summed E-state index contributed by atoms with van der Waals surface area (Å²) in [6.45, 7) is 6.60. The quantitative estimate of drug-likeness (QED) is 0.567. The van der Waals surface area contributed by atoms with Gasteiger partial charge in [-0.3, -0.25) is 0 Å². The van der Waals surface area contributed by atoms with E-state index in [1.165, 1.54) is 6.42 Å². The molecule has 1 N–H and O–H groups in total. The summed E-state index contributed by atoms with van der Waals surface area (Å²) in [6.07, 6.45) is 1.19. The first-order valence-corrected chi connectivity index (χ1v) is 4.77. The lowest BCUT2D eigenvalue weighted by Gasteiger charge is -2.35. The monoisotopic (exact) mass is 175 g/mol. The maximum Gasteiger partial charge on any atom is 0.134 e. The molecular formula is C7H13NS2. The molecule has 3 heteroatoms. The molecule has 1 aliphatic rings. The summed E-state index contributed by atoms with van der Waals surface area (Å²) in [5, 5.41) is 3.95. The van der Waals surface area contributed by atoms with Crippen LogP contribution in [-0.2, 0) is 0 Å². The first-order valence-electron chi connectivity index (χ1n) is 3.48. The van der Waals surface area contributed by atoms with Crippen LogP contribution in [0, 0.1) is 0 Å². The molecule has 1 rings (SSSR count). The molecule has 0 unspecified atom stereocenters. The Balaban J connectivity index is 2.59. The average molecular weight is 175 g/mol. The first-order chi connectivity index (χ1) is 4.49. The summed E-state index contributed by atoms with van der Waals surface area (Å²) in [5.41, 5.74) is 0.210. The van der Waals surface area contributed by atoms with Crippen molar-refractivity contribution in [1.82, 2.24) is 5.32 Å². The molecule has 0 spiro atoms. The second-order valence-electron chi connectivity index (χ2n) is 3.43. The van der Waals surface area contributed by atoms with Crippen LogP contribution in [0.1, 0.15) is 27.2 Å². The molecule has 0 bridgehead atoms. The summed E-state index contributed by atoms with van der Waals surface area (Å²) in [4.78, 5) is 0. The zero-order chi connectivity index (χ0) is 7.78. The molecule has 1 nitrogen and oxygen atoms in total. The van der Waals surface area contributed by atoms with Gasteiger partial charge in [0.1, 0.15) is 4.32 Å². The Bertz CT molecular complexity index is 154. The summed E-state index contributed by atoms with van der Waals surface area (Å²) >= 11 is 6.85. The smallest absolute Gasteiger partial charge is 0.134 e. The highest BCUT2D eigenvalue weighted by Crippen LogP contribution is 2.28. The fourth-order valence-corrected chi connectivity index (χ4v) is 3.27.